The number of nitrogens with zero attached hydrogens (tertiary/aromatic N) is 1. The number of carbonyl (C=O) groups excluding carboxylic acids is 1. The van der Waals surface area contributed by atoms with Crippen molar-refractivity contribution in [3.63, 3.8) is 0 Å². The molecular weight excluding hydrogens is 396 g/mol. The molecule has 1 aromatic carbocycles. The Balaban J connectivity index is 1.35. The number of halogens is 1. The van der Waals surface area contributed by atoms with E-state index in [1.807, 2.05) is 24.3 Å². The Morgan fingerprint density at radius 3 is 2.28 bits per heavy atom. The molecule has 1 N–H and O–H groups in total. The van der Waals surface area contributed by atoms with Gasteiger partial charge in [0, 0.05) is 20.8 Å². The van der Waals surface area contributed by atoms with E-state index in [1.54, 1.807) is 11.3 Å². The first-order valence-corrected chi connectivity index (χ1v) is 10.8. The molecule has 0 aliphatic heterocycles. The molecule has 2 aromatic rings. The molecular formula is C20H21BrN2OS. The number of benzene rings is 1. The molecule has 4 bridgehead atoms. The minimum Gasteiger partial charge on any atom is -0.298 e. The van der Waals surface area contributed by atoms with Crippen molar-refractivity contribution < 1.29 is 4.79 Å². The third-order valence-electron chi connectivity index (χ3n) is 6.41. The maximum absolute atomic E-state index is 12.4. The number of anilines is 1. The molecule has 0 spiro atoms. The second-order valence-electron chi connectivity index (χ2n) is 8.20. The molecule has 3 nitrogen and oxygen atoms in total. The molecule has 5 heteroatoms. The van der Waals surface area contributed by atoms with Crippen LogP contribution in [-0.2, 0) is 5.41 Å². The SMILES string of the molecule is O=C(Nc1nc(C23CC4CC(CC(C4)C2)C3)cs1)c1ccc(Br)cc1. The van der Waals surface area contributed by atoms with Gasteiger partial charge in [-0.1, -0.05) is 15.9 Å². The number of thiazole rings is 1. The number of aromatic nitrogens is 1. The largest absolute Gasteiger partial charge is 0.298 e. The summed E-state index contributed by atoms with van der Waals surface area (Å²) in [5, 5.41) is 5.92. The highest BCUT2D eigenvalue weighted by molar-refractivity contribution is 9.10. The topological polar surface area (TPSA) is 42.0 Å². The summed E-state index contributed by atoms with van der Waals surface area (Å²) >= 11 is 4.97. The molecule has 25 heavy (non-hydrogen) atoms. The van der Waals surface area contributed by atoms with Gasteiger partial charge >= 0.3 is 0 Å². The van der Waals surface area contributed by atoms with Gasteiger partial charge in [-0.15, -0.1) is 11.3 Å². The predicted octanol–water partition coefficient (Wildman–Crippen LogP) is 5.63. The Labute approximate surface area is 160 Å². The van der Waals surface area contributed by atoms with E-state index in [-0.39, 0.29) is 5.91 Å². The highest BCUT2D eigenvalue weighted by Crippen LogP contribution is 2.60. The lowest BCUT2D eigenvalue weighted by Gasteiger charge is -2.56. The minimum absolute atomic E-state index is 0.0843. The van der Waals surface area contributed by atoms with Gasteiger partial charge in [-0.25, -0.2) is 4.98 Å². The standard InChI is InChI=1S/C20H21BrN2OS/c21-16-3-1-15(2-4-16)18(24)23-19-22-17(11-25-19)20-8-12-5-13(9-20)7-14(6-12)10-20/h1-4,11-14H,5-10H2,(H,22,23,24). The van der Waals surface area contributed by atoms with Crippen molar-refractivity contribution >= 4 is 38.3 Å². The van der Waals surface area contributed by atoms with E-state index < -0.39 is 0 Å². The third kappa shape index (κ3) is 2.85. The molecule has 4 aliphatic rings. The maximum Gasteiger partial charge on any atom is 0.257 e. The molecule has 1 aromatic heterocycles. The lowest BCUT2D eigenvalue weighted by molar-refractivity contribution is -0.00688. The second-order valence-corrected chi connectivity index (χ2v) is 9.97. The Hall–Kier alpha value is -1.20. The van der Waals surface area contributed by atoms with E-state index in [9.17, 15) is 4.79 Å². The van der Waals surface area contributed by atoms with Crippen LogP contribution < -0.4 is 5.32 Å². The third-order valence-corrected chi connectivity index (χ3v) is 7.70. The maximum atomic E-state index is 12.4. The van der Waals surface area contributed by atoms with Crippen molar-refractivity contribution in [3.8, 4) is 0 Å². The number of hydrogen-bond acceptors (Lipinski definition) is 3. The predicted molar refractivity (Wildman–Crippen MR) is 104 cm³/mol. The van der Waals surface area contributed by atoms with Gasteiger partial charge < -0.3 is 0 Å². The molecule has 1 heterocycles. The van der Waals surface area contributed by atoms with Crippen LogP contribution in [0.5, 0.6) is 0 Å². The van der Waals surface area contributed by atoms with E-state index in [1.165, 1.54) is 44.2 Å². The summed E-state index contributed by atoms with van der Waals surface area (Å²) in [6.45, 7) is 0. The van der Waals surface area contributed by atoms with Crippen LogP contribution in [0.2, 0.25) is 0 Å². The number of rotatable bonds is 3. The zero-order valence-corrected chi connectivity index (χ0v) is 16.4. The van der Waals surface area contributed by atoms with Crippen LogP contribution in [0.1, 0.15) is 54.6 Å². The van der Waals surface area contributed by atoms with Crippen LogP contribution in [0.4, 0.5) is 5.13 Å². The lowest BCUT2D eigenvalue weighted by Crippen LogP contribution is -2.48. The van der Waals surface area contributed by atoms with Crippen LogP contribution >= 0.6 is 27.3 Å². The van der Waals surface area contributed by atoms with Crippen molar-refractivity contribution in [2.24, 2.45) is 17.8 Å². The summed E-state index contributed by atoms with van der Waals surface area (Å²) in [5.41, 5.74) is 2.20. The van der Waals surface area contributed by atoms with E-state index in [2.05, 4.69) is 26.6 Å². The average Bonchev–Trinajstić information content (AvgIpc) is 3.03. The first kappa shape index (κ1) is 16.0. The van der Waals surface area contributed by atoms with E-state index in [4.69, 9.17) is 4.98 Å². The quantitative estimate of drug-likeness (QED) is 0.704. The van der Waals surface area contributed by atoms with Crippen LogP contribution in [-0.4, -0.2) is 10.9 Å². The summed E-state index contributed by atoms with van der Waals surface area (Å²) in [5.74, 6) is 2.65. The summed E-state index contributed by atoms with van der Waals surface area (Å²) in [4.78, 5) is 17.3. The van der Waals surface area contributed by atoms with Crippen molar-refractivity contribution in [1.82, 2.24) is 4.98 Å². The van der Waals surface area contributed by atoms with E-state index in [0.29, 0.717) is 11.0 Å². The van der Waals surface area contributed by atoms with Gasteiger partial charge in [0.05, 0.1) is 5.69 Å². The van der Waals surface area contributed by atoms with Crippen molar-refractivity contribution in [2.45, 2.75) is 43.9 Å². The minimum atomic E-state index is -0.0843. The zero-order valence-electron chi connectivity index (χ0n) is 14.0. The van der Waals surface area contributed by atoms with Gasteiger partial charge in [0.2, 0.25) is 0 Å². The van der Waals surface area contributed by atoms with Gasteiger partial charge in [0.15, 0.2) is 5.13 Å². The summed E-state index contributed by atoms with van der Waals surface area (Å²) in [6.07, 6.45) is 8.25. The number of nitrogens with one attached hydrogen (secondary N) is 1. The molecule has 4 aliphatic carbocycles. The van der Waals surface area contributed by atoms with E-state index >= 15 is 0 Å². The second kappa shape index (κ2) is 5.92. The summed E-state index contributed by atoms with van der Waals surface area (Å²) in [7, 11) is 0. The monoisotopic (exact) mass is 416 g/mol. The highest BCUT2D eigenvalue weighted by Gasteiger charge is 2.52. The van der Waals surface area contributed by atoms with Crippen molar-refractivity contribution in [2.75, 3.05) is 5.32 Å². The molecule has 4 fully saturated rings. The highest BCUT2D eigenvalue weighted by atomic mass is 79.9. The van der Waals surface area contributed by atoms with Gasteiger partial charge in [-0.2, -0.15) is 0 Å². The molecule has 4 saturated carbocycles. The molecule has 1 amide bonds. The fraction of sp³-hybridized carbons (Fsp3) is 0.500. The number of hydrogen-bond donors (Lipinski definition) is 1. The van der Waals surface area contributed by atoms with Gasteiger partial charge in [0.1, 0.15) is 0 Å². The van der Waals surface area contributed by atoms with Crippen LogP contribution in [0, 0.1) is 17.8 Å². The zero-order chi connectivity index (χ0) is 17.0. The van der Waals surface area contributed by atoms with Gasteiger partial charge in [-0.3, -0.25) is 10.1 Å². The molecule has 0 atom stereocenters. The molecule has 0 unspecified atom stereocenters. The van der Waals surface area contributed by atoms with Gasteiger partial charge in [0.25, 0.3) is 5.91 Å². The van der Waals surface area contributed by atoms with E-state index in [0.717, 1.165) is 27.4 Å². The molecule has 130 valence electrons. The Morgan fingerprint density at radius 1 is 1.08 bits per heavy atom. The number of carbonyl (C=O) groups is 1. The first-order chi connectivity index (χ1) is 12.1. The first-order valence-electron chi connectivity index (χ1n) is 9.13. The molecule has 6 rings (SSSR count). The summed E-state index contributed by atoms with van der Waals surface area (Å²) in [6, 6.07) is 7.43. The smallest absolute Gasteiger partial charge is 0.257 e. The Morgan fingerprint density at radius 2 is 1.68 bits per heavy atom. The Bertz CT molecular complexity index is 778. The fourth-order valence-electron chi connectivity index (χ4n) is 5.77. The fourth-order valence-corrected chi connectivity index (χ4v) is 6.86. The lowest BCUT2D eigenvalue weighted by atomic mass is 9.49. The number of amides is 1. The molecule has 0 saturated heterocycles. The van der Waals surface area contributed by atoms with Crippen LogP contribution in [0.15, 0.2) is 34.1 Å². The molecule has 0 radical (unpaired) electrons. The Kier molecular flexibility index (Phi) is 3.79. The van der Waals surface area contributed by atoms with Crippen LogP contribution in [0.3, 0.4) is 0 Å². The average molecular weight is 417 g/mol. The van der Waals surface area contributed by atoms with Crippen LogP contribution in [0.25, 0.3) is 0 Å². The van der Waals surface area contributed by atoms with Crippen molar-refractivity contribution in [1.29, 1.82) is 0 Å². The normalized spacial score (nSPS) is 32.8. The van der Waals surface area contributed by atoms with Gasteiger partial charge in [-0.05, 0) is 80.5 Å². The van der Waals surface area contributed by atoms with Crippen molar-refractivity contribution in [3.05, 3.63) is 45.4 Å². The summed E-state index contributed by atoms with van der Waals surface area (Å²) < 4.78 is 0.974.